The maximum atomic E-state index is 13.3. The van der Waals surface area contributed by atoms with Gasteiger partial charge in [0.15, 0.2) is 5.82 Å². The van der Waals surface area contributed by atoms with Gasteiger partial charge in [-0.05, 0) is 31.0 Å². The molecule has 1 unspecified atom stereocenters. The highest BCUT2D eigenvalue weighted by molar-refractivity contribution is 5.73. The summed E-state index contributed by atoms with van der Waals surface area (Å²) in [5.41, 5.74) is 1.58. The van der Waals surface area contributed by atoms with Crippen molar-refractivity contribution in [2.45, 2.75) is 25.7 Å². The molecule has 0 saturated carbocycles. The first kappa shape index (κ1) is 14.6. The van der Waals surface area contributed by atoms with E-state index in [1.807, 2.05) is 11.0 Å². The van der Waals surface area contributed by atoms with Crippen LogP contribution in [0.1, 0.15) is 31.4 Å². The second kappa shape index (κ2) is 6.22. The third kappa shape index (κ3) is 3.13. The average molecular weight is 299 g/mol. The van der Waals surface area contributed by atoms with Crippen LogP contribution in [0.15, 0.2) is 36.5 Å². The van der Waals surface area contributed by atoms with Gasteiger partial charge in [-0.1, -0.05) is 12.1 Å². The van der Waals surface area contributed by atoms with Crippen molar-refractivity contribution < 1.29 is 9.18 Å². The molecule has 0 N–H and O–H groups in total. The van der Waals surface area contributed by atoms with Crippen molar-refractivity contribution >= 4 is 5.91 Å². The number of amides is 1. The van der Waals surface area contributed by atoms with Crippen LogP contribution < -0.4 is 0 Å². The van der Waals surface area contributed by atoms with E-state index in [0.29, 0.717) is 17.9 Å². The Hall–Kier alpha value is -2.30. The second-order valence-corrected chi connectivity index (χ2v) is 5.62. The summed E-state index contributed by atoms with van der Waals surface area (Å²) in [5.74, 6) is 0.543. The number of nitrogens with zero attached hydrogens (tertiary/aromatic N) is 3. The molecule has 0 bridgehead atoms. The van der Waals surface area contributed by atoms with E-state index >= 15 is 0 Å². The second-order valence-electron chi connectivity index (χ2n) is 5.62. The lowest BCUT2D eigenvalue weighted by atomic mass is 9.94. The molecule has 3 rings (SSSR count). The number of halogens is 1. The minimum Gasteiger partial charge on any atom is -0.342 e. The number of piperidine rings is 1. The van der Waals surface area contributed by atoms with E-state index in [-0.39, 0.29) is 17.6 Å². The van der Waals surface area contributed by atoms with Gasteiger partial charge >= 0.3 is 0 Å². The zero-order valence-corrected chi connectivity index (χ0v) is 12.5. The van der Waals surface area contributed by atoms with Crippen molar-refractivity contribution in [1.82, 2.24) is 14.9 Å². The zero-order chi connectivity index (χ0) is 15.5. The highest BCUT2D eigenvalue weighted by Crippen LogP contribution is 2.27. The molecule has 0 spiro atoms. The molecule has 22 heavy (non-hydrogen) atoms. The Kier molecular flexibility index (Phi) is 4.13. The summed E-state index contributed by atoms with van der Waals surface area (Å²) >= 11 is 0. The van der Waals surface area contributed by atoms with Gasteiger partial charge in [0.25, 0.3) is 0 Å². The number of rotatable bonds is 2. The van der Waals surface area contributed by atoms with Crippen molar-refractivity contribution in [2.75, 3.05) is 13.1 Å². The van der Waals surface area contributed by atoms with Crippen LogP contribution in [0.3, 0.4) is 0 Å². The number of aromatic nitrogens is 2. The molecule has 1 aromatic heterocycles. The topological polar surface area (TPSA) is 46.1 Å². The lowest BCUT2D eigenvalue weighted by molar-refractivity contribution is -0.130. The van der Waals surface area contributed by atoms with E-state index in [2.05, 4.69) is 9.97 Å². The van der Waals surface area contributed by atoms with E-state index in [9.17, 15) is 9.18 Å². The van der Waals surface area contributed by atoms with Crippen molar-refractivity contribution in [3.05, 3.63) is 48.0 Å². The first-order chi connectivity index (χ1) is 10.6. The van der Waals surface area contributed by atoms with Gasteiger partial charge in [-0.15, -0.1) is 0 Å². The molecule has 5 heteroatoms. The third-order valence-corrected chi connectivity index (χ3v) is 4.04. The summed E-state index contributed by atoms with van der Waals surface area (Å²) in [5, 5.41) is 0. The van der Waals surface area contributed by atoms with Gasteiger partial charge in [0.2, 0.25) is 5.91 Å². The van der Waals surface area contributed by atoms with Crippen LogP contribution in [0, 0.1) is 5.82 Å². The zero-order valence-electron chi connectivity index (χ0n) is 12.5. The molecule has 1 aliphatic heterocycles. The van der Waals surface area contributed by atoms with Gasteiger partial charge < -0.3 is 4.90 Å². The Balaban J connectivity index is 1.86. The van der Waals surface area contributed by atoms with Crippen molar-refractivity contribution in [3.8, 4) is 11.4 Å². The Bertz CT molecular complexity index is 689. The van der Waals surface area contributed by atoms with Crippen LogP contribution >= 0.6 is 0 Å². The third-order valence-electron chi connectivity index (χ3n) is 4.04. The maximum Gasteiger partial charge on any atom is 0.219 e. The van der Waals surface area contributed by atoms with Gasteiger partial charge in [-0.25, -0.2) is 14.4 Å². The van der Waals surface area contributed by atoms with Crippen LogP contribution in [-0.4, -0.2) is 33.9 Å². The van der Waals surface area contributed by atoms with Gasteiger partial charge in [0, 0.05) is 43.4 Å². The normalized spacial score (nSPS) is 18.3. The molecule has 2 heterocycles. The molecule has 1 aliphatic rings. The molecular formula is C17H18FN3O. The molecule has 1 saturated heterocycles. The molecule has 1 fully saturated rings. The van der Waals surface area contributed by atoms with Gasteiger partial charge in [-0.2, -0.15) is 0 Å². The molecule has 1 atom stereocenters. The Morgan fingerprint density at radius 2 is 2.23 bits per heavy atom. The maximum absolute atomic E-state index is 13.3. The van der Waals surface area contributed by atoms with E-state index in [1.165, 1.54) is 12.1 Å². The van der Waals surface area contributed by atoms with E-state index < -0.39 is 0 Å². The number of benzene rings is 1. The minimum atomic E-state index is -0.299. The van der Waals surface area contributed by atoms with Gasteiger partial charge in [0.1, 0.15) is 5.82 Å². The van der Waals surface area contributed by atoms with Gasteiger partial charge in [0.05, 0.1) is 0 Å². The molecule has 2 aromatic rings. The Morgan fingerprint density at radius 1 is 1.36 bits per heavy atom. The Morgan fingerprint density at radius 3 is 3.00 bits per heavy atom. The molecular weight excluding hydrogens is 281 g/mol. The van der Waals surface area contributed by atoms with Crippen LogP contribution in [0.4, 0.5) is 4.39 Å². The fraction of sp³-hybridized carbons (Fsp3) is 0.353. The monoisotopic (exact) mass is 299 g/mol. The van der Waals surface area contributed by atoms with Crippen LogP contribution in [0.25, 0.3) is 11.4 Å². The van der Waals surface area contributed by atoms with Crippen LogP contribution in [0.5, 0.6) is 0 Å². The summed E-state index contributed by atoms with van der Waals surface area (Å²) in [4.78, 5) is 22.2. The highest BCUT2D eigenvalue weighted by Gasteiger charge is 2.24. The first-order valence-electron chi connectivity index (χ1n) is 7.48. The molecule has 1 aromatic carbocycles. The quantitative estimate of drug-likeness (QED) is 0.856. The van der Waals surface area contributed by atoms with E-state index in [1.54, 1.807) is 25.3 Å². The number of likely N-dealkylation sites (tertiary alicyclic amines) is 1. The standard InChI is InChI=1S/C17H18FN3O/c1-12(22)21-9-3-5-14(11-21)16-7-8-19-17(20-16)13-4-2-6-15(18)10-13/h2,4,6-8,10,14H,3,5,9,11H2,1H3. The minimum absolute atomic E-state index is 0.101. The molecule has 4 nitrogen and oxygen atoms in total. The molecule has 0 aliphatic carbocycles. The van der Waals surface area contributed by atoms with Crippen LogP contribution in [0.2, 0.25) is 0 Å². The van der Waals surface area contributed by atoms with Gasteiger partial charge in [-0.3, -0.25) is 4.79 Å². The predicted molar refractivity (Wildman–Crippen MR) is 81.7 cm³/mol. The van der Waals surface area contributed by atoms with E-state index in [4.69, 9.17) is 0 Å². The number of hydrogen-bond donors (Lipinski definition) is 0. The fourth-order valence-corrected chi connectivity index (χ4v) is 2.87. The van der Waals surface area contributed by atoms with E-state index in [0.717, 1.165) is 25.1 Å². The summed E-state index contributed by atoms with van der Waals surface area (Å²) in [6.07, 6.45) is 3.68. The highest BCUT2D eigenvalue weighted by atomic mass is 19.1. The summed E-state index contributed by atoms with van der Waals surface area (Å²) in [6.45, 7) is 3.10. The van der Waals surface area contributed by atoms with Crippen molar-refractivity contribution in [3.63, 3.8) is 0 Å². The summed E-state index contributed by atoms with van der Waals surface area (Å²) in [7, 11) is 0. The van der Waals surface area contributed by atoms with Crippen molar-refractivity contribution in [2.24, 2.45) is 0 Å². The number of hydrogen-bond acceptors (Lipinski definition) is 3. The number of carbonyl (C=O) groups is 1. The van der Waals surface area contributed by atoms with Crippen molar-refractivity contribution in [1.29, 1.82) is 0 Å². The smallest absolute Gasteiger partial charge is 0.219 e. The lowest BCUT2D eigenvalue weighted by Crippen LogP contribution is -2.37. The molecule has 1 amide bonds. The Labute approximate surface area is 129 Å². The first-order valence-corrected chi connectivity index (χ1v) is 7.48. The number of carbonyl (C=O) groups excluding carboxylic acids is 1. The predicted octanol–water partition coefficient (Wildman–Crippen LogP) is 3.01. The average Bonchev–Trinajstić information content (AvgIpc) is 2.55. The lowest BCUT2D eigenvalue weighted by Gasteiger charge is -2.31. The summed E-state index contributed by atoms with van der Waals surface area (Å²) < 4.78 is 13.3. The summed E-state index contributed by atoms with van der Waals surface area (Å²) in [6, 6.07) is 8.17. The largest absolute Gasteiger partial charge is 0.342 e. The SMILES string of the molecule is CC(=O)N1CCCC(c2ccnc(-c3cccc(F)c3)n2)C1. The fourth-order valence-electron chi connectivity index (χ4n) is 2.87. The molecule has 0 radical (unpaired) electrons. The molecule has 114 valence electrons. The van der Waals surface area contributed by atoms with Crippen LogP contribution in [-0.2, 0) is 4.79 Å².